The van der Waals surface area contributed by atoms with Crippen LogP contribution in [0.1, 0.15) is 18.9 Å². The van der Waals surface area contributed by atoms with E-state index in [0.29, 0.717) is 6.61 Å². The van der Waals surface area contributed by atoms with Crippen LogP contribution in [0.15, 0.2) is 30.6 Å². The first-order chi connectivity index (χ1) is 12.0. The molecule has 2 amide bonds. The second kappa shape index (κ2) is 7.46. The van der Waals surface area contributed by atoms with Gasteiger partial charge in [0.05, 0.1) is 18.5 Å². The zero-order chi connectivity index (χ0) is 17.8. The minimum Gasteiger partial charge on any atom is -0.494 e. The summed E-state index contributed by atoms with van der Waals surface area (Å²) in [6.07, 6.45) is 4.76. The number of anilines is 2. The van der Waals surface area contributed by atoms with E-state index in [2.05, 4.69) is 20.6 Å². The first-order valence-electron chi connectivity index (χ1n) is 8.59. The molecule has 134 valence electrons. The third-order valence-corrected chi connectivity index (χ3v) is 4.33. The Labute approximate surface area is 148 Å². The number of rotatable bonds is 5. The van der Waals surface area contributed by atoms with Gasteiger partial charge in [0.2, 0.25) is 0 Å². The Morgan fingerprint density at radius 3 is 3.00 bits per heavy atom. The van der Waals surface area contributed by atoms with E-state index in [0.717, 1.165) is 42.2 Å². The molecule has 2 aromatic rings. The molecule has 1 aliphatic heterocycles. The number of nitrogens with one attached hydrogen (secondary N) is 2. The van der Waals surface area contributed by atoms with Gasteiger partial charge in [-0.15, -0.1) is 0 Å². The van der Waals surface area contributed by atoms with Crippen molar-refractivity contribution < 1.29 is 9.53 Å². The van der Waals surface area contributed by atoms with Gasteiger partial charge >= 0.3 is 6.03 Å². The van der Waals surface area contributed by atoms with Crippen molar-refractivity contribution in [3.05, 3.63) is 36.2 Å². The number of benzene rings is 1. The van der Waals surface area contributed by atoms with Crippen LogP contribution in [0, 0.1) is 6.92 Å². The molecule has 7 nitrogen and oxygen atoms in total. The Balaban J connectivity index is 1.54. The monoisotopic (exact) mass is 343 g/mol. The largest absolute Gasteiger partial charge is 0.494 e. The smallest absolute Gasteiger partial charge is 0.319 e. The molecule has 1 atom stereocenters. The molecule has 3 rings (SSSR count). The molecule has 1 saturated heterocycles. The molecule has 1 fully saturated rings. The molecule has 1 aromatic carbocycles. The van der Waals surface area contributed by atoms with Crippen LogP contribution >= 0.6 is 0 Å². The van der Waals surface area contributed by atoms with Gasteiger partial charge in [0.1, 0.15) is 5.75 Å². The van der Waals surface area contributed by atoms with Gasteiger partial charge in [0.25, 0.3) is 0 Å². The maximum atomic E-state index is 12.3. The molecule has 0 radical (unpaired) electrons. The lowest BCUT2D eigenvalue weighted by atomic mass is 10.2. The lowest BCUT2D eigenvalue weighted by molar-refractivity contribution is 0.249. The molecule has 0 aliphatic carbocycles. The van der Waals surface area contributed by atoms with Gasteiger partial charge in [-0.2, -0.15) is 5.10 Å². The van der Waals surface area contributed by atoms with E-state index in [-0.39, 0.29) is 12.1 Å². The molecule has 2 N–H and O–H groups in total. The van der Waals surface area contributed by atoms with Crippen molar-refractivity contribution in [2.24, 2.45) is 7.05 Å². The molecule has 2 heterocycles. The molecule has 0 unspecified atom stereocenters. The van der Waals surface area contributed by atoms with E-state index < -0.39 is 0 Å². The predicted molar refractivity (Wildman–Crippen MR) is 98.3 cm³/mol. The fourth-order valence-corrected chi connectivity index (χ4v) is 3.03. The number of urea groups is 1. The molecule has 7 heteroatoms. The molecule has 0 bridgehead atoms. The molecule has 1 aliphatic rings. The van der Waals surface area contributed by atoms with E-state index in [1.54, 1.807) is 4.68 Å². The van der Waals surface area contributed by atoms with E-state index in [1.807, 2.05) is 51.5 Å². The molecular weight excluding hydrogens is 318 g/mol. The standard InChI is InChI=1S/C18H25N5O2/c1-4-25-17-9-14(6-5-13(17)2)20-18(24)21-15-7-8-23(11-15)16-10-19-22(3)12-16/h5-6,9-10,12,15H,4,7-8,11H2,1-3H3,(H2,20,21,24)/t15-/m0/s1. The molecule has 0 saturated carbocycles. The minimum absolute atomic E-state index is 0.122. The van der Waals surface area contributed by atoms with E-state index >= 15 is 0 Å². The van der Waals surface area contributed by atoms with E-state index in [1.165, 1.54) is 0 Å². The number of hydrogen-bond donors (Lipinski definition) is 2. The third kappa shape index (κ3) is 4.23. The van der Waals surface area contributed by atoms with Crippen molar-refractivity contribution in [2.75, 3.05) is 29.9 Å². The SMILES string of the molecule is CCOc1cc(NC(=O)N[C@H]2CCN(c3cnn(C)c3)C2)ccc1C. The van der Waals surface area contributed by atoms with Gasteiger partial charge in [-0.1, -0.05) is 6.07 Å². The number of aromatic nitrogens is 2. The van der Waals surface area contributed by atoms with Crippen LogP contribution in [0.2, 0.25) is 0 Å². The summed E-state index contributed by atoms with van der Waals surface area (Å²) in [4.78, 5) is 14.5. The summed E-state index contributed by atoms with van der Waals surface area (Å²) in [5.41, 5.74) is 2.87. The van der Waals surface area contributed by atoms with Crippen molar-refractivity contribution in [1.29, 1.82) is 0 Å². The maximum Gasteiger partial charge on any atom is 0.319 e. The molecule has 0 spiro atoms. The zero-order valence-corrected chi connectivity index (χ0v) is 15.0. The van der Waals surface area contributed by atoms with Crippen LogP contribution in [0.5, 0.6) is 5.75 Å². The second-order valence-electron chi connectivity index (χ2n) is 6.32. The number of carbonyl (C=O) groups is 1. The number of amides is 2. The van der Waals surface area contributed by atoms with Crippen molar-refractivity contribution in [3.8, 4) is 5.75 Å². The van der Waals surface area contributed by atoms with Gasteiger partial charge in [-0.25, -0.2) is 4.79 Å². The van der Waals surface area contributed by atoms with Crippen molar-refractivity contribution >= 4 is 17.4 Å². The Hall–Kier alpha value is -2.70. The van der Waals surface area contributed by atoms with Crippen LogP contribution in [-0.4, -0.2) is 41.5 Å². The highest BCUT2D eigenvalue weighted by Crippen LogP contribution is 2.23. The Kier molecular flexibility index (Phi) is 5.11. The van der Waals surface area contributed by atoms with Gasteiger partial charge in [0, 0.05) is 44.1 Å². The topological polar surface area (TPSA) is 71.4 Å². The Morgan fingerprint density at radius 1 is 1.44 bits per heavy atom. The van der Waals surface area contributed by atoms with Crippen molar-refractivity contribution in [1.82, 2.24) is 15.1 Å². The second-order valence-corrected chi connectivity index (χ2v) is 6.32. The van der Waals surface area contributed by atoms with Crippen molar-refractivity contribution in [2.45, 2.75) is 26.3 Å². The fourth-order valence-electron chi connectivity index (χ4n) is 3.03. The summed E-state index contributed by atoms with van der Waals surface area (Å²) in [6, 6.07) is 5.62. The Morgan fingerprint density at radius 2 is 2.28 bits per heavy atom. The maximum absolute atomic E-state index is 12.3. The summed E-state index contributed by atoms with van der Waals surface area (Å²) in [6.45, 7) is 6.23. The minimum atomic E-state index is -0.190. The predicted octanol–water partition coefficient (Wildman–Crippen LogP) is 2.53. The Bertz CT molecular complexity index is 743. The van der Waals surface area contributed by atoms with E-state index in [9.17, 15) is 4.79 Å². The van der Waals surface area contributed by atoms with Crippen LogP contribution in [0.25, 0.3) is 0 Å². The molecule has 1 aromatic heterocycles. The lowest BCUT2D eigenvalue weighted by Gasteiger charge is -2.17. The summed E-state index contributed by atoms with van der Waals surface area (Å²) in [5.74, 6) is 0.795. The van der Waals surface area contributed by atoms with Crippen LogP contribution < -0.4 is 20.3 Å². The average Bonchev–Trinajstić information content (AvgIpc) is 3.20. The van der Waals surface area contributed by atoms with Crippen molar-refractivity contribution in [3.63, 3.8) is 0 Å². The summed E-state index contributed by atoms with van der Waals surface area (Å²) >= 11 is 0. The summed E-state index contributed by atoms with van der Waals surface area (Å²) < 4.78 is 7.36. The van der Waals surface area contributed by atoms with Gasteiger partial charge in [-0.05, 0) is 31.9 Å². The van der Waals surface area contributed by atoms with Gasteiger partial charge in [0.15, 0.2) is 0 Å². The number of aryl methyl sites for hydroxylation is 2. The van der Waals surface area contributed by atoms with Crippen LogP contribution in [-0.2, 0) is 7.05 Å². The van der Waals surface area contributed by atoms with Gasteiger partial charge in [-0.3, -0.25) is 4.68 Å². The van der Waals surface area contributed by atoms with Crippen LogP contribution in [0.4, 0.5) is 16.2 Å². The first kappa shape index (κ1) is 17.1. The van der Waals surface area contributed by atoms with Gasteiger partial charge < -0.3 is 20.3 Å². The number of ether oxygens (including phenoxy) is 1. The number of hydrogen-bond acceptors (Lipinski definition) is 4. The average molecular weight is 343 g/mol. The first-order valence-corrected chi connectivity index (χ1v) is 8.59. The normalized spacial score (nSPS) is 16.8. The van der Waals surface area contributed by atoms with Crippen LogP contribution in [0.3, 0.4) is 0 Å². The molecular formula is C18H25N5O2. The summed E-state index contributed by atoms with van der Waals surface area (Å²) in [5, 5.41) is 10.1. The quantitative estimate of drug-likeness (QED) is 0.875. The fraction of sp³-hybridized carbons (Fsp3) is 0.444. The molecule has 25 heavy (non-hydrogen) atoms. The number of carbonyl (C=O) groups excluding carboxylic acids is 1. The highest BCUT2D eigenvalue weighted by Gasteiger charge is 2.24. The lowest BCUT2D eigenvalue weighted by Crippen LogP contribution is -2.39. The third-order valence-electron chi connectivity index (χ3n) is 4.33. The number of nitrogens with zero attached hydrogens (tertiary/aromatic N) is 3. The zero-order valence-electron chi connectivity index (χ0n) is 15.0. The highest BCUT2D eigenvalue weighted by atomic mass is 16.5. The van der Waals surface area contributed by atoms with E-state index in [4.69, 9.17) is 4.74 Å². The summed E-state index contributed by atoms with van der Waals surface area (Å²) in [7, 11) is 1.90. The highest BCUT2D eigenvalue weighted by molar-refractivity contribution is 5.89.